The molecule has 1 aromatic rings. The van der Waals surface area contributed by atoms with E-state index >= 15 is 0 Å². The first kappa shape index (κ1) is 9.94. The molecule has 0 radical (unpaired) electrons. The Hall–Kier alpha value is -1.14. The number of anilines is 1. The van der Waals surface area contributed by atoms with Crippen LogP contribution >= 0.6 is 11.8 Å². The molecular weight excluding hydrogens is 180 g/mol. The van der Waals surface area contributed by atoms with E-state index < -0.39 is 0 Å². The molecular formula is C10H12N2S. The van der Waals surface area contributed by atoms with Gasteiger partial charge in [-0.2, -0.15) is 5.26 Å². The average Bonchev–Trinajstić information content (AvgIpc) is 2.13. The molecule has 0 heterocycles. The molecule has 1 unspecified atom stereocenters. The van der Waals surface area contributed by atoms with Crippen molar-refractivity contribution >= 4 is 17.4 Å². The monoisotopic (exact) mass is 192 g/mol. The molecule has 13 heavy (non-hydrogen) atoms. The highest BCUT2D eigenvalue weighted by atomic mass is 32.2. The average molecular weight is 192 g/mol. The van der Waals surface area contributed by atoms with Crippen LogP contribution in [0.2, 0.25) is 0 Å². The van der Waals surface area contributed by atoms with Crippen LogP contribution in [0.3, 0.4) is 0 Å². The van der Waals surface area contributed by atoms with E-state index in [-0.39, 0.29) is 5.25 Å². The van der Waals surface area contributed by atoms with Crippen molar-refractivity contribution in [3.63, 3.8) is 0 Å². The fourth-order valence-corrected chi connectivity index (χ4v) is 1.85. The fraction of sp³-hybridized carbons (Fsp3) is 0.300. The minimum atomic E-state index is -0.0518. The Morgan fingerprint density at radius 2 is 2.23 bits per heavy atom. The van der Waals surface area contributed by atoms with Gasteiger partial charge in [0.15, 0.2) is 0 Å². The Morgan fingerprint density at radius 1 is 1.54 bits per heavy atom. The van der Waals surface area contributed by atoms with Gasteiger partial charge in [-0.25, -0.2) is 0 Å². The molecule has 1 rings (SSSR count). The Labute approximate surface area is 82.7 Å². The van der Waals surface area contributed by atoms with Gasteiger partial charge in [0.2, 0.25) is 0 Å². The van der Waals surface area contributed by atoms with Crippen LogP contribution in [-0.2, 0) is 0 Å². The third-order valence-electron chi connectivity index (χ3n) is 1.77. The molecule has 0 saturated heterocycles. The Bertz CT molecular complexity index is 341. The first-order valence-corrected chi connectivity index (χ1v) is 4.94. The number of nitrogens with zero attached hydrogens (tertiary/aromatic N) is 1. The second-order valence-corrected chi connectivity index (χ2v) is 4.26. The van der Waals surface area contributed by atoms with Crippen molar-refractivity contribution in [1.82, 2.24) is 0 Å². The van der Waals surface area contributed by atoms with E-state index in [4.69, 9.17) is 11.0 Å². The highest BCUT2D eigenvalue weighted by Gasteiger charge is 2.06. The smallest absolute Gasteiger partial charge is 0.0936 e. The summed E-state index contributed by atoms with van der Waals surface area (Å²) in [6.07, 6.45) is 0. The zero-order valence-corrected chi connectivity index (χ0v) is 8.56. The van der Waals surface area contributed by atoms with Gasteiger partial charge in [0.1, 0.15) is 0 Å². The van der Waals surface area contributed by atoms with Crippen molar-refractivity contribution < 1.29 is 0 Å². The summed E-state index contributed by atoms with van der Waals surface area (Å²) in [5, 5.41) is 8.59. The molecule has 0 aliphatic heterocycles. The maximum Gasteiger partial charge on any atom is 0.0936 e. The number of thioether (sulfide) groups is 1. The number of aryl methyl sites for hydroxylation is 1. The SMILES string of the molecule is Cc1cccc(SC(C)C#N)c1N. The van der Waals surface area contributed by atoms with E-state index in [1.165, 1.54) is 11.8 Å². The summed E-state index contributed by atoms with van der Waals surface area (Å²) >= 11 is 1.50. The molecule has 0 aromatic heterocycles. The van der Waals surface area contributed by atoms with Gasteiger partial charge in [-0.1, -0.05) is 12.1 Å². The van der Waals surface area contributed by atoms with E-state index in [2.05, 4.69) is 6.07 Å². The summed E-state index contributed by atoms with van der Waals surface area (Å²) in [6, 6.07) is 8.04. The van der Waals surface area contributed by atoms with E-state index in [1.54, 1.807) is 0 Å². The third-order valence-corrected chi connectivity index (χ3v) is 2.84. The number of para-hydroxylation sites is 1. The lowest BCUT2D eigenvalue weighted by atomic mass is 10.2. The van der Waals surface area contributed by atoms with E-state index in [9.17, 15) is 0 Å². The van der Waals surface area contributed by atoms with Crippen LogP contribution in [0.5, 0.6) is 0 Å². The zero-order chi connectivity index (χ0) is 9.84. The second-order valence-electron chi connectivity index (χ2n) is 2.88. The van der Waals surface area contributed by atoms with Gasteiger partial charge in [0, 0.05) is 10.6 Å². The van der Waals surface area contributed by atoms with Crippen LogP contribution in [0.15, 0.2) is 23.1 Å². The van der Waals surface area contributed by atoms with Crippen molar-refractivity contribution in [3.8, 4) is 6.07 Å². The summed E-state index contributed by atoms with van der Waals surface area (Å²) < 4.78 is 0. The molecule has 1 atom stereocenters. The van der Waals surface area contributed by atoms with Gasteiger partial charge < -0.3 is 5.73 Å². The van der Waals surface area contributed by atoms with Crippen molar-refractivity contribution in [2.45, 2.75) is 24.0 Å². The number of hydrogen-bond donors (Lipinski definition) is 1. The normalized spacial score (nSPS) is 12.1. The molecule has 0 aliphatic carbocycles. The number of nitriles is 1. The summed E-state index contributed by atoms with van der Waals surface area (Å²) in [5.74, 6) is 0. The third kappa shape index (κ3) is 2.40. The van der Waals surface area contributed by atoms with Crippen molar-refractivity contribution in [2.24, 2.45) is 0 Å². The molecule has 3 heteroatoms. The molecule has 0 aliphatic rings. The maximum absolute atomic E-state index is 8.64. The Kier molecular flexibility index (Phi) is 3.21. The van der Waals surface area contributed by atoms with Gasteiger partial charge in [-0.05, 0) is 25.5 Å². The second kappa shape index (κ2) is 4.20. The van der Waals surface area contributed by atoms with E-state index in [0.717, 1.165) is 16.1 Å². The largest absolute Gasteiger partial charge is 0.398 e. The minimum absolute atomic E-state index is 0.0518. The van der Waals surface area contributed by atoms with Gasteiger partial charge >= 0.3 is 0 Å². The Morgan fingerprint density at radius 3 is 2.85 bits per heavy atom. The van der Waals surface area contributed by atoms with Crippen LogP contribution in [-0.4, -0.2) is 5.25 Å². The lowest BCUT2D eigenvalue weighted by Crippen LogP contribution is -1.96. The molecule has 1 aromatic carbocycles. The van der Waals surface area contributed by atoms with Crippen LogP contribution in [0.1, 0.15) is 12.5 Å². The summed E-state index contributed by atoms with van der Waals surface area (Å²) in [6.45, 7) is 3.84. The minimum Gasteiger partial charge on any atom is -0.398 e. The van der Waals surface area contributed by atoms with Gasteiger partial charge in [0.05, 0.1) is 11.3 Å². The zero-order valence-electron chi connectivity index (χ0n) is 7.74. The molecule has 2 nitrogen and oxygen atoms in total. The van der Waals surface area contributed by atoms with Crippen LogP contribution in [0, 0.1) is 18.3 Å². The highest BCUT2D eigenvalue weighted by molar-refractivity contribution is 8.00. The fourth-order valence-electron chi connectivity index (χ4n) is 0.973. The van der Waals surface area contributed by atoms with Gasteiger partial charge in [-0.15, -0.1) is 11.8 Å². The topological polar surface area (TPSA) is 49.8 Å². The van der Waals surface area contributed by atoms with Crippen molar-refractivity contribution in [2.75, 3.05) is 5.73 Å². The lowest BCUT2D eigenvalue weighted by Gasteiger charge is -2.08. The first-order chi connectivity index (χ1) is 6.15. The predicted octanol–water partition coefficient (Wildman–Crippen LogP) is 2.58. The first-order valence-electron chi connectivity index (χ1n) is 4.06. The summed E-state index contributed by atoms with van der Waals surface area (Å²) in [5.41, 5.74) is 7.71. The number of rotatable bonds is 2. The molecule has 0 saturated carbocycles. The van der Waals surface area contributed by atoms with E-state index in [1.807, 2.05) is 32.0 Å². The van der Waals surface area contributed by atoms with Gasteiger partial charge in [-0.3, -0.25) is 0 Å². The van der Waals surface area contributed by atoms with Crippen LogP contribution < -0.4 is 5.73 Å². The van der Waals surface area contributed by atoms with Crippen molar-refractivity contribution in [1.29, 1.82) is 5.26 Å². The number of nitrogen functional groups attached to an aromatic ring is 1. The molecule has 2 N–H and O–H groups in total. The van der Waals surface area contributed by atoms with Crippen LogP contribution in [0.4, 0.5) is 5.69 Å². The molecule has 68 valence electrons. The Balaban J connectivity index is 2.90. The highest BCUT2D eigenvalue weighted by Crippen LogP contribution is 2.30. The number of benzene rings is 1. The molecule has 0 fully saturated rings. The quantitative estimate of drug-likeness (QED) is 0.578. The molecule has 0 bridgehead atoms. The maximum atomic E-state index is 8.64. The molecule has 0 amide bonds. The lowest BCUT2D eigenvalue weighted by molar-refractivity contribution is 1.23. The standard InChI is InChI=1S/C10H12N2S/c1-7-4-3-5-9(10(7)12)13-8(2)6-11/h3-5,8H,12H2,1-2H3. The van der Waals surface area contributed by atoms with E-state index in [0.29, 0.717) is 0 Å². The number of nitrogens with two attached hydrogens (primary N) is 1. The van der Waals surface area contributed by atoms with Crippen molar-refractivity contribution in [3.05, 3.63) is 23.8 Å². The number of hydrogen-bond acceptors (Lipinski definition) is 3. The summed E-state index contributed by atoms with van der Waals surface area (Å²) in [7, 11) is 0. The van der Waals surface area contributed by atoms with Gasteiger partial charge in [0.25, 0.3) is 0 Å². The summed E-state index contributed by atoms with van der Waals surface area (Å²) in [4.78, 5) is 0.994. The van der Waals surface area contributed by atoms with Crippen LogP contribution in [0.25, 0.3) is 0 Å². The predicted molar refractivity (Wildman–Crippen MR) is 56.5 cm³/mol. The molecule has 0 spiro atoms.